The Hall–Kier alpha value is -1.61. The van der Waals surface area contributed by atoms with Crippen molar-refractivity contribution in [3.05, 3.63) is 41.8 Å². The van der Waals surface area contributed by atoms with E-state index in [1.807, 2.05) is 26.4 Å². The molecule has 117 valence electrons. The molecule has 1 aliphatic carbocycles. The topological polar surface area (TPSA) is 29.3 Å². The van der Waals surface area contributed by atoms with Gasteiger partial charge in [0.15, 0.2) is 0 Å². The van der Waals surface area contributed by atoms with Crippen LogP contribution in [0.25, 0.3) is 11.5 Å². The van der Waals surface area contributed by atoms with Gasteiger partial charge in [0.2, 0.25) is 5.89 Å². The molecular formula is C19H25N2O. The van der Waals surface area contributed by atoms with Gasteiger partial charge in [-0.2, -0.15) is 0 Å². The van der Waals surface area contributed by atoms with Crippen LogP contribution >= 0.6 is 0 Å². The number of rotatable bonds is 4. The molecular weight excluding hydrogens is 272 g/mol. The highest BCUT2D eigenvalue weighted by Gasteiger charge is 2.20. The molecule has 0 N–H and O–H groups in total. The quantitative estimate of drug-likeness (QED) is 0.770. The maximum atomic E-state index is 5.96. The lowest BCUT2D eigenvalue weighted by molar-refractivity contribution is 0.353. The van der Waals surface area contributed by atoms with E-state index in [0.717, 1.165) is 23.8 Å². The molecule has 1 radical (unpaired) electrons. The molecule has 1 fully saturated rings. The number of benzene rings is 1. The molecule has 1 aromatic heterocycles. The highest BCUT2D eigenvalue weighted by Crippen LogP contribution is 2.36. The molecule has 0 saturated heterocycles. The highest BCUT2D eigenvalue weighted by molar-refractivity contribution is 5.59. The van der Waals surface area contributed by atoms with Crippen LogP contribution in [0.1, 0.15) is 55.8 Å². The second-order valence-corrected chi connectivity index (χ2v) is 6.56. The van der Waals surface area contributed by atoms with Crippen molar-refractivity contribution < 1.29 is 4.42 Å². The lowest BCUT2D eigenvalue weighted by Crippen LogP contribution is -2.09. The minimum Gasteiger partial charge on any atom is -0.440 e. The van der Waals surface area contributed by atoms with Crippen molar-refractivity contribution in [2.45, 2.75) is 51.0 Å². The van der Waals surface area contributed by atoms with Crippen LogP contribution in [0.15, 0.2) is 28.8 Å². The van der Waals surface area contributed by atoms with Crippen LogP contribution in [0.3, 0.4) is 0 Å². The normalized spacial score (nSPS) is 16.9. The largest absolute Gasteiger partial charge is 0.440 e. The third kappa shape index (κ3) is 3.58. The molecule has 1 aromatic carbocycles. The molecule has 0 atom stereocenters. The Bertz CT molecular complexity index is 595. The zero-order valence-electron chi connectivity index (χ0n) is 13.6. The van der Waals surface area contributed by atoms with Gasteiger partial charge in [0.25, 0.3) is 0 Å². The van der Waals surface area contributed by atoms with E-state index in [4.69, 9.17) is 4.42 Å². The fraction of sp³-hybridized carbons (Fsp3) is 0.526. The third-order valence-electron chi connectivity index (χ3n) is 4.42. The summed E-state index contributed by atoms with van der Waals surface area (Å²) in [4.78, 5) is 6.58. The minimum absolute atomic E-state index is 0.624. The molecule has 1 heterocycles. The molecule has 0 bridgehead atoms. The number of oxazole rings is 1. The number of hydrogen-bond donors (Lipinski definition) is 0. The Kier molecular flexibility index (Phi) is 4.94. The molecule has 0 unspecified atom stereocenters. The number of aromatic nitrogens is 1. The van der Waals surface area contributed by atoms with E-state index in [2.05, 4.69) is 28.1 Å². The van der Waals surface area contributed by atoms with E-state index < -0.39 is 0 Å². The second-order valence-electron chi connectivity index (χ2n) is 6.56. The first-order valence-electron chi connectivity index (χ1n) is 8.34. The monoisotopic (exact) mass is 297 g/mol. The van der Waals surface area contributed by atoms with E-state index in [1.54, 1.807) is 0 Å². The molecule has 0 aliphatic heterocycles. The van der Waals surface area contributed by atoms with Crippen LogP contribution in [0, 0.1) is 6.07 Å². The van der Waals surface area contributed by atoms with Gasteiger partial charge in [0.05, 0.1) is 12.7 Å². The van der Waals surface area contributed by atoms with E-state index >= 15 is 0 Å². The van der Waals surface area contributed by atoms with Crippen molar-refractivity contribution in [3.63, 3.8) is 0 Å². The summed E-state index contributed by atoms with van der Waals surface area (Å²) >= 11 is 0. The first kappa shape index (κ1) is 15.3. The molecule has 3 heteroatoms. The van der Waals surface area contributed by atoms with Gasteiger partial charge in [-0.05, 0) is 44.5 Å². The summed E-state index contributed by atoms with van der Waals surface area (Å²) in [6.07, 6.45) is 9.79. The van der Waals surface area contributed by atoms with Gasteiger partial charge in [0.1, 0.15) is 5.76 Å². The van der Waals surface area contributed by atoms with Crippen LogP contribution in [0.2, 0.25) is 0 Å². The Morgan fingerprint density at radius 3 is 2.73 bits per heavy atom. The zero-order chi connectivity index (χ0) is 15.4. The van der Waals surface area contributed by atoms with Gasteiger partial charge in [-0.25, -0.2) is 4.98 Å². The summed E-state index contributed by atoms with van der Waals surface area (Å²) in [6.45, 7) is 0.776. The van der Waals surface area contributed by atoms with Crippen LogP contribution < -0.4 is 0 Å². The van der Waals surface area contributed by atoms with Gasteiger partial charge < -0.3 is 9.32 Å². The summed E-state index contributed by atoms with van der Waals surface area (Å²) in [6, 6.07) is 9.66. The summed E-state index contributed by atoms with van der Waals surface area (Å²) in [5.41, 5.74) is 2.42. The molecule has 0 spiro atoms. The molecule has 0 amide bonds. The maximum Gasteiger partial charge on any atom is 0.227 e. The molecule has 3 nitrogen and oxygen atoms in total. The second kappa shape index (κ2) is 7.10. The van der Waals surface area contributed by atoms with E-state index in [1.165, 1.54) is 44.1 Å². The molecule has 2 aromatic rings. The Balaban J connectivity index is 1.88. The van der Waals surface area contributed by atoms with Gasteiger partial charge in [-0.3, -0.25) is 0 Å². The van der Waals surface area contributed by atoms with Gasteiger partial charge in [-0.15, -0.1) is 0 Å². The van der Waals surface area contributed by atoms with Crippen LogP contribution in [0.5, 0.6) is 0 Å². The average molecular weight is 297 g/mol. The number of hydrogen-bond acceptors (Lipinski definition) is 3. The summed E-state index contributed by atoms with van der Waals surface area (Å²) in [7, 11) is 4.07. The van der Waals surface area contributed by atoms with Crippen LogP contribution in [0.4, 0.5) is 0 Å². The summed E-state index contributed by atoms with van der Waals surface area (Å²) in [5, 5.41) is 0. The SMILES string of the molecule is CN(C)Cc1cnc(-c2[c]cccc2C2CCCCCC2)o1. The van der Waals surface area contributed by atoms with Gasteiger partial charge >= 0.3 is 0 Å². The predicted molar refractivity (Wildman–Crippen MR) is 88.6 cm³/mol. The van der Waals surface area contributed by atoms with E-state index in [-0.39, 0.29) is 0 Å². The lowest BCUT2D eigenvalue weighted by Gasteiger charge is -2.17. The van der Waals surface area contributed by atoms with E-state index in [9.17, 15) is 0 Å². The molecule has 3 rings (SSSR count). The van der Waals surface area contributed by atoms with Crippen LogP contribution in [-0.2, 0) is 6.54 Å². The predicted octanol–water partition coefficient (Wildman–Crippen LogP) is 4.64. The number of nitrogens with zero attached hydrogens (tertiary/aromatic N) is 2. The zero-order valence-corrected chi connectivity index (χ0v) is 13.6. The first-order chi connectivity index (χ1) is 10.7. The molecule has 1 saturated carbocycles. The van der Waals surface area contributed by atoms with Crippen LogP contribution in [-0.4, -0.2) is 24.0 Å². The van der Waals surface area contributed by atoms with Crippen molar-refractivity contribution >= 4 is 0 Å². The average Bonchev–Trinajstić information content (AvgIpc) is 2.80. The standard InChI is InChI=1S/C19H25N2O/c1-21(2)14-16-13-20-19(22-16)18-12-8-7-11-17(18)15-9-5-3-4-6-10-15/h7-8,11,13,15H,3-6,9-10,14H2,1-2H3. The van der Waals surface area contributed by atoms with Gasteiger partial charge in [-0.1, -0.05) is 43.9 Å². The van der Waals surface area contributed by atoms with Crippen molar-refractivity contribution in [3.8, 4) is 11.5 Å². The van der Waals surface area contributed by atoms with Gasteiger partial charge in [0, 0.05) is 5.56 Å². The first-order valence-corrected chi connectivity index (χ1v) is 8.34. The van der Waals surface area contributed by atoms with E-state index in [0.29, 0.717) is 5.92 Å². The third-order valence-corrected chi connectivity index (χ3v) is 4.42. The molecule has 1 aliphatic rings. The minimum atomic E-state index is 0.624. The van der Waals surface area contributed by atoms with Crippen molar-refractivity contribution in [2.24, 2.45) is 0 Å². The Morgan fingerprint density at radius 2 is 2.00 bits per heavy atom. The smallest absolute Gasteiger partial charge is 0.227 e. The summed E-state index contributed by atoms with van der Waals surface area (Å²) < 4.78 is 5.96. The van der Waals surface area contributed by atoms with Crippen molar-refractivity contribution in [1.29, 1.82) is 0 Å². The fourth-order valence-electron chi connectivity index (χ4n) is 3.37. The van der Waals surface area contributed by atoms with Crippen molar-refractivity contribution in [2.75, 3.05) is 14.1 Å². The Labute approximate surface area is 133 Å². The lowest BCUT2D eigenvalue weighted by atomic mass is 9.88. The maximum absolute atomic E-state index is 5.96. The fourth-order valence-corrected chi connectivity index (χ4v) is 3.37. The summed E-state index contributed by atoms with van der Waals surface area (Å²) in [5.74, 6) is 2.25. The van der Waals surface area contributed by atoms with Crippen molar-refractivity contribution in [1.82, 2.24) is 9.88 Å². The highest BCUT2D eigenvalue weighted by atomic mass is 16.4. The molecule has 22 heavy (non-hydrogen) atoms. The Morgan fingerprint density at radius 1 is 1.23 bits per heavy atom.